The third-order valence-electron chi connectivity index (χ3n) is 9.28. The Bertz CT molecular complexity index is 1850. The number of aromatic nitrogens is 5. The monoisotopic (exact) mass is 689 g/mol. The Hall–Kier alpha value is -5.32. The number of ether oxygens (including phenoxy) is 2. The smallest absolute Gasteiger partial charge is 0.410 e. The van der Waals surface area contributed by atoms with E-state index >= 15 is 0 Å². The summed E-state index contributed by atoms with van der Waals surface area (Å²) in [5.74, 6) is 1.56. The number of nitrogens with one attached hydrogen (secondary N) is 3. The second-order valence-electron chi connectivity index (χ2n) is 15.5. The van der Waals surface area contributed by atoms with Crippen LogP contribution in [0.5, 0.6) is 0 Å². The van der Waals surface area contributed by atoms with Crippen LogP contribution in [0, 0.1) is 0 Å². The lowest BCUT2D eigenvalue weighted by Gasteiger charge is -2.27. The Morgan fingerprint density at radius 1 is 0.569 bits per heavy atom. The van der Waals surface area contributed by atoms with E-state index in [2.05, 4.69) is 85.6 Å². The molecule has 2 aliphatic heterocycles. The number of benzene rings is 2. The Kier molecular flexibility index (Phi) is 8.99. The van der Waals surface area contributed by atoms with Gasteiger partial charge < -0.3 is 24.4 Å². The summed E-state index contributed by atoms with van der Waals surface area (Å²) in [7, 11) is 0. The Morgan fingerprint density at radius 2 is 0.922 bits per heavy atom. The standard InChI is InChI=1S/C40H47N7O4/c1-39(2,3)50-37(48)46-21-7-9-33(46)35-41-23-31(44-35)27-15-11-25(12-16-27)29-19-20-30(43-29)26-13-17-28(18-14-26)32-24-42-36(45-32)34-10-8-22-47(34)38(49)51-40(4,5)6/h11-20,23-24,33-34,43H,7-10,21-22H2,1-6H3,(H,41,44)(H,42,45). The van der Waals surface area contributed by atoms with Crippen molar-refractivity contribution in [3.05, 3.63) is 84.7 Å². The Labute approximate surface area is 298 Å². The maximum atomic E-state index is 12.8. The zero-order chi connectivity index (χ0) is 35.9. The molecular formula is C40H47N7O4. The summed E-state index contributed by atoms with van der Waals surface area (Å²) < 4.78 is 11.3. The third-order valence-corrected chi connectivity index (χ3v) is 9.28. The second kappa shape index (κ2) is 13.4. The molecule has 0 saturated carbocycles. The molecule has 51 heavy (non-hydrogen) atoms. The van der Waals surface area contributed by atoms with Gasteiger partial charge in [-0.3, -0.25) is 9.80 Å². The number of hydrogen-bond donors (Lipinski definition) is 3. The molecular weight excluding hydrogens is 642 g/mol. The van der Waals surface area contributed by atoms with Crippen LogP contribution >= 0.6 is 0 Å². The average molecular weight is 690 g/mol. The number of H-pyrrole nitrogens is 3. The molecule has 3 N–H and O–H groups in total. The lowest BCUT2D eigenvalue weighted by atomic mass is 10.1. The van der Waals surface area contributed by atoms with Crippen molar-refractivity contribution in [2.24, 2.45) is 0 Å². The van der Waals surface area contributed by atoms with Gasteiger partial charge in [-0.25, -0.2) is 19.6 Å². The predicted molar refractivity (Wildman–Crippen MR) is 197 cm³/mol. The van der Waals surface area contributed by atoms with Gasteiger partial charge in [0.25, 0.3) is 0 Å². The molecule has 2 unspecified atom stereocenters. The molecule has 0 bridgehead atoms. The van der Waals surface area contributed by atoms with Crippen LogP contribution in [0.15, 0.2) is 73.1 Å². The van der Waals surface area contributed by atoms with Gasteiger partial charge in [0.1, 0.15) is 22.9 Å². The minimum absolute atomic E-state index is 0.120. The van der Waals surface area contributed by atoms with Crippen molar-refractivity contribution in [3.8, 4) is 45.0 Å². The number of amides is 2. The maximum absolute atomic E-state index is 12.8. The van der Waals surface area contributed by atoms with Gasteiger partial charge in [0, 0.05) is 24.5 Å². The van der Waals surface area contributed by atoms with Crippen molar-refractivity contribution in [3.63, 3.8) is 0 Å². The summed E-state index contributed by atoms with van der Waals surface area (Å²) >= 11 is 0. The SMILES string of the molecule is CC(C)(C)OC(=O)N1CCCC1c1ncc(-c2ccc(-c3ccc(-c4ccc(-c5cnc(C6CCCN6C(=O)OC(C)(C)C)[nH]5)cc4)[nH]3)cc2)[nH]1. The summed E-state index contributed by atoms with van der Waals surface area (Å²) in [5.41, 5.74) is 6.98. The predicted octanol–water partition coefficient (Wildman–Crippen LogP) is 9.27. The first-order chi connectivity index (χ1) is 24.3. The molecule has 2 amide bonds. The van der Waals surface area contributed by atoms with E-state index in [1.54, 1.807) is 9.80 Å². The molecule has 0 spiro atoms. The number of aromatic amines is 3. The summed E-state index contributed by atoms with van der Waals surface area (Å²) in [6.45, 7) is 12.6. The van der Waals surface area contributed by atoms with Crippen molar-refractivity contribution in [1.82, 2.24) is 34.7 Å². The van der Waals surface area contributed by atoms with E-state index in [0.29, 0.717) is 13.1 Å². The molecule has 2 fully saturated rings. The number of carbonyl (C=O) groups excluding carboxylic acids is 2. The molecule has 2 saturated heterocycles. The van der Waals surface area contributed by atoms with Gasteiger partial charge in [0.05, 0.1) is 35.9 Å². The first-order valence-corrected chi connectivity index (χ1v) is 17.8. The van der Waals surface area contributed by atoms with Crippen LogP contribution in [0.2, 0.25) is 0 Å². The number of imidazole rings is 2. The van der Waals surface area contributed by atoms with Gasteiger partial charge in [-0.15, -0.1) is 0 Å². The van der Waals surface area contributed by atoms with E-state index < -0.39 is 11.2 Å². The molecule has 0 radical (unpaired) electrons. The largest absolute Gasteiger partial charge is 0.444 e. The molecule has 2 aromatic carbocycles. The Morgan fingerprint density at radius 3 is 1.27 bits per heavy atom. The highest BCUT2D eigenvalue weighted by Crippen LogP contribution is 2.35. The van der Waals surface area contributed by atoms with E-state index in [-0.39, 0.29) is 24.3 Å². The van der Waals surface area contributed by atoms with Crippen LogP contribution in [0.1, 0.15) is 91.0 Å². The van der Waals surface area contributed by atoms with Gasteiger partial charge in [0.15, 0.2) is 0 Å². The van der Waals surface area contributed by atoms with E-state index in [4.69, 9.17) is 9.47 Å². The van der Waals surface area contributed by atoms with Crippen LogP contribution in [0.25, 0.3) is 45.0 Å². The minimum atomic E-state index is -0.540. The third kappa shape index (κ3) is 7.57. The molecule has 5 heterocycles. The fourth-order valence-electron chi connectivity index (χ4n) is 6.88. The fraction of sp³-hybridized carbons (Fsp3) is 0.400. The van der Waals surface area contributed by atoms with Crippen molar-refractivity contribution in [2.75, 3.05) is 13.1 Å². The van der Waals surface area contributed by atoms with E-state index in [1.165, 1.54) is 0 Å². The zero-order valence-corrected chi connectivity index (χ0v) is 30.2. The van der Waals surface area contributed by atoms with Crippen molar-refractivity contribution in [1.29, 1.82) is 0 Å². The van der Waals surface area contributed by atoms with Gasteiger partial charge in [-0.1, -0.05) is 48.5 Å². The van der Waals surface area contributed by atoms with Crippen LogP contribution in [-0.2, 0) is 9.47 Å². The molecule has 11 nitrogen and oxygen atoms in total. The van der Waals surface area contributed by atoms with E-state index in [1.807, 2.05) is 53.9 Å². The summed E-state index contributed by atoms with van der Waals surface area (Å²) in [6.07, 6.45) is 6.62. The van der Waals surface area contributed by atoms with Crippen molar-refractivity contribution < 1.29 is 19.1 Å². The number of likely N-dealkylation sites (tertiary alicyclic amines) is 2. The summed E-state index contributed by atoms with van der Waals surface area (Å²) in [4.78, 5) is 48.9. The van der Waals surface area contributed by atoms with Crippen LogP contribution in [-0.4, -0.2) is 71.2 Å². The number of hydrogen-bond acceptors (Lipinski definition) is 6. The quantitative estimate of drug-likeness (QED) is 0.163. The zero-order valence-electron chi connectivity index (χ0n) is 30.2. The highest BCUT2D eigenvalue weighted by molar-refractivity contribution is 5.73. The molecule has 2 aliphatic rings. The number of carbonyl (C=O) groups is 2. The molecule has 7 rings (SSSR count). The first kappa shape index (κ1) is 34.1. The molecule has 0 aliphatic carbocycles. The van der Waals surface area contributed by atoms with Crippen molar-refractivity contribution in [2.45, 2.75) is 90.5 Å². The van der Waals surface area contributed by atoms with Gasteiger partial charge in [-0.05, 0) is 102 Å². The highest BCUT2D eigenvalue weighted by atomic mass is 16.6. The van der Waals surface area contributed by atoms with Crippen LogP contribution in [0.3, 0.4) is 0 Å². The maximum Gasteiger partial charge on any atom is 0.410 e. The average Bonchev–Trinajstić information content (AvgIpc) is 3.93. The molecule has 11 heteroatoms. The normalized spacial score (nSPS) is 18.0. The van der Waals surface area contributed by atoms with Gasteiger partial charge in [0.2, 0.25) is 0 Å². The lowest BCUT2D eigenvalue weighted by Crippen LogP contribution is -2.36. The fourth-order valence-corrected chi connectivity index (χ4v) is 6.88. The highest BCUT2D eigenvalue weighted by Gasteiger charge is 2.36. The molecule has 5 aromatic rings. The molecule has 3 aromatic heterocycles. The van der Waals surface area contributed by atoms with E-state index in [0.717, 1.165) is 82.4 Å². The Balaban J connectivity index is 0.996. The number of rotatable bonds is 6. The topological polar surface area (TPSA) is 132 Å². The lowest BCUT2D eigenvalue weighted by molar-refractivity contribution is 0.0208. The molecule has 2 atom stereocenters. The second-order valence-corrected chi connectivity index (χ2v) is 15.5. The van der Waals surface area contributed by atoms with Gasteiger partial charge >= 0.3 is 12.2 Å². The van der Waals surface area contributed by atoms with Crippen molar-refractivity contribution >= 4 is 12.2 Å². The summed E-state index contributed by atoms with van der Waals surface area (Å²) in [5, 5.41) is 0. The van der Waals surface area contributed by atoms with Crippen LogP contribution < -0.4 is 0 Å². The first-order valence-electron chi connectivity index (χ1n) is 17.8. The number of nitrogens with zero attached hydrogens (tertiary/aromatic N) is 4. The van der Waals surface area contributed by atoms with Crippen LogP contribution in [0.4, 0.5) is 9.59 Å². The van der Waals surface area contributed by atoms with E-state index in [9.17, 15) is 9.59 Å². The summed E-state index contributed by atoms with van der Waals surface area (Å²) in [6, 6.07) is 20.7. The molecule has 266 valence electrons. The van der Waals surface area contributed by atoms with Gasteiger partial charge in [-0.2, -0.15) is 0 Å². The minimum Gasteiger partial charge on any atom is -0.444 e.